The maximum Gasteiger partial charge on any atom is 0.243 e. The third-order valence-electron chi connectivity index (χ3n) is 5.11. The first-order valence-corrected chi connectivity index (χ1v) is 10.8. The third kappa shape index (κ3) is 4.20. The van der Waals surface area contributed by atoms with Gasteiger partial charge >= 0.3 is 0 Å². The first-order chi connectivity index (χ1) is 13.9. The Balaban J connectivity index is 1.38. The maximum absolute atomic E-state index is 13.1. The van der Waals surface area contributed by atoms with Gasteiger partial charge in [0.15, 0.2) is 11.5 Å². The van der Waals surface area contributed by atoms with Crippen LogP contribution in [-0.2, 0) is 21.4 Å². The standard InChI is InChI=1S/C20H21FN2O5S/c21-16-4-6-17(7-5-16)29(25,26)23-9-1-2-15(12-23)20(24)22-11-14-3-8-18-19(10-14)28-13-27-18/h3-8,10,15H,1-2,9,11-13H2,(H,22,24). The number of fused-ring (bicyclic) bond motifs is 1. The van der Waals surface area contributed by atoms with E-state index in [9.17, 15) is 17.6 Å². The van der Waals surface area contributed by atoms with Crippen LogP contribution < -0.4 is 14.8 Å². The summed E-state index contributed by atoms with van der Waals surface area (Å²) in [7, 11) is -3.76. The van der Waals surface area contributed by atoms with Crippen molar-refractivity contribution < 1.29 is 27.1 Å². The highest BCUT2D eigenvalue weighted by molar-refractivity contribution is 7.89. The predicted molar refractivity (Wildman–Crippen MR) is 102 cm³/mol. The van der Waals surface area contributed by atoms with Crippen LogP contribution in [0.25, 0.3) is 0 Å². The molecule has 1 N–H and O–H groups in total. The summed E-state index contributed by atoms with van der Waals surface area (Å²) < 4.78 is 50.6. The number of rotatable bonds is 5. The second kappa shape index (κ2) is 8.00. The van der Waals surface area contributed by atoms with E-state index < -0.39 is 21.8 Å². The summed E-state index contributed by atoms with van der Waals surface area (Å²) in [5.41, 5.74) is 0.870. The number of halogens is 1. The summed E-state index contributed by atoms with van der Waals surface area (Å²) >= 11 is 0. The maximum atomic E-state index is 13.1. The summed E-state index contributed by atoms with van der Waals surface area (Å²) in [6.07, 6.45) is 1.20. The number of carbonyl (C=O) groups excluding carboxylic acids is 1. The van der Waals surface area contributed by atoms with Crippen molar-refractivity contribution in [3.8, 4) is 11.5 Å². The molecule has 0 bridgehead atoms. The Kier molecular flexibility index (Phi) is 5.42. The van der Waals surface area contributed by atoms with E-state index in [4.69, 9.17) is 9.47 Å². The largest absolute Gasteiger partial charge is 0.454 e. The molecule has 0 aliphatic carbocycles. The number of ether oxygens (including phenoxy) is 2. The molecule has 2 aliphatic heterocycles. The first-order valence-electron chi connectivity index (χ1n) is 9.35. The number of nitrogens with one attached hydrogen (secondary N) is 1. The van der Waals surface area contributed by atoms with E-state index >= 15 is 0 Å². The number of nitrogens with zero attached hydrogens (tertiary/aromatic N) is 1. The number of amides is 1. The zero-order chi connectivity index (χ0) is 20.4. The fraction of sp³-hybridized carbons (Fsp3) is 0.350. The molecule has 0 aromatic heterocycles. The van der Waals surface area contributed by atoms with Crippen LogP contribution in [0, 0.1) is 11.7 Å². The van der Waals surface area contributed by atoms with Crippen molar-refractivity contribution >= 4 is 15.9 Å². The van der Waals surface area contributed by atoms with E-state index in [1.54, 1.807) is 6.07 Å². The Morgan fingerprint density at radius 3 is 2.69 bits per heavy atom. The number of piperidine rings is 1. The Bertz CT molecular complexity index is 1010. The van der Waals surface area contributed by atoms with Gasteiger partial charge in [0, 0.05) is 19.6 Å². The molecule has 2 heterocycles. The van der Waals surface area contributed by atoms with Gasteiger partial charge < -0.3 is 14.8 Å². The van der Waals surface area contributed by atoms with Crippen molar-refractivity contribution in [1.29, 1.82) is 0 Å². The predicted octanol–water partition coefficient (Wildman–Crippen LogP) is 2.27. The van der Waals surface area contributed by atoms with Gasteiger partial charge in [-0.3, -0.25) is 4.79 Å². The summed E-state index contributed by atoms with van der Waals surface area (Å²) in [5, 5.41) is 2.87. The molecule has 2 aromatic rings. The van der Waals surface area contributed by atoms with E-state index in [0.29, 0.717) is 37.4 Å². The molecule has 154 valence electrons. The number of benzene rings is 2. The molecule has 2 aromatic carbocycles. The van der Waals surface area contributed by atoms with Crippen molar-refractivity contribution in [2.75, 3.05) is 19.9 Å². The highest BCUT2D eigenvalue weighted by atomic mass is 32.2. The van der Waals surface area contributed by atoms with E-state index in [1.807, 2.05) is 12.1 Å². The molecule has 1 amide bonds. The van der Waals surface area contributed by atoms with Crippen molar-refractivity contribution in [1.82, 2.24) is 9.62 Å². The van der Waals surface area contributed by atoms with Gasteiger partial charge in [0.05, 0.1) is 10.8 Å². The molecule has 2 aliphatic rings. The molecule has 0 radical (unpaired) electrons. The van der Waals surface area contributed by atoms with Crippen LogP contribution in [-0.4, -0.2) is 38.5 Å². The van der Waals surface area contributed by atoms with Crippen LogP contribution in [0.15, 0.2) is 47.4 Å². The fourth-order valence-electron chi connectivity index (χ4n) is 3.51. The van der Waals surface area contributed by atoms with Crippen LogP contribution in [0.5, 0.6) is 11.5 Å². The van der Waals surface area contributed by atoms with Crippen LogP contribution >= 0.6 is 0 Å². The van der Waals surface area contributed by atoms with Crippen LogP contribution in [0.1, 0.15) is 18.4 Å². The minimum absolute atomic E-state index is 0.0281. The van der Waals surface area contributed by atoms with Crippen LogP contribution in [0.3, 0.4) is 0 Å². The molecular formula is C20H21FN2O5S. The smallest absolute Gasteiger partial charge is 0.243 e. The molecule has 1 saturated heterocycles. The molecule has 0 saturated carbocycles. The normalized spacial score (nSPS) is 19.1. The fourth-order valence-corrected chi connectivity index (χ4v) is 5.04. The molecule has 1 fully saturated rings. The third-order valence-corrected chi connectivity index (χ3v) is 6.99. The molecule has 4 rings (SSSR count). The highest BCUT2D eigenvalue weighted by Gasteiger charge is 2.33. The van der Waals surface area contributed by atoms with Gasteiger partial charge in [0.25, 0.3) is 0 Å². The summed E-state index contributed by atoms with van der Waals surface area (Å²) in [6.45, 7) is 0.945. The van der Waals surface area contributed by atoms with Crippen molar-refractivity contribution in [2.24, 2.45) is 5.92 Å². The lowest BCUT2D eigenvalue weighted by Crippen LogP contribution is -2.45. The average molecular weight is 420 g/mol. The monoisotopic (exact) mass is 420 g/mol. The Hall–Kier alpha value is -2.65. The summed E-state index contributed by atoms with van der Waals surface area (Å²) in [4.78, 5) is 12.6. The quantitative estimate of drug-likeness (QED) is 0.802. The summed E-state index contributed by atoms with van der Waals surface area (Å²) in [5.74, 6) is 0.193. The van der Waals surface area contributed by atoms with Gasteiger partial charge in [0.1, 0.15) is 5.82 Å². The molecular weight excluding hydrogens is 399 g/mol. The number of hydrogen-bond donors (Lipinski definition) is 1. The zero-order valence-corrected chi connectivity index (χ0v) is 16.5. The Labute approximate surface area is 168 Å². The molecule has 1 unspecified atom stereocenters. The molecule has 7 nitrogen and oxygen atoms in total. The van der Waals surface area contributed by atoms with Crippen LogP contribution in [0.2, 0.25) is 0 Å². The van der Waals surface area contributed by atoms with Crippen molar-refractivity contribution in [3.63, 3.8) is 0 Å². The molecule has 0 spiro atoms. The van der Waals surface area contributed by atoms with E-state index in [0.717, 1.165) is 17.7 Å². The minimum atomic E-state index is -3.76. The van der Waals surface area contributed by atoms with Gasteiger partial charge in [-0.1, -0.05) is 6.07 Å². The van der Waals surface area contributed by atoms with Gasteiger partial charge in [-0.15, -0.1) is 0 Å². The van der Waals surface area contributed by atoms with Gasteiger partial charge in [0.2, 0.25) is 22.7 Å². The second-order valence-corrected chi connectivity index (χ2v) is 9.00. The number of carbonyl (C=O) groups is 1. The number of hydrogen-bond acceptors (Lipinski definition) is 5. The highest BCUT2D eigenvalue weighted by Crippen LogP contribution is 2.32. The topological polar surface area (TPSA) is 84.9 Å². The first kappa shape index (κ1) is 19.7. The minimum Gasteiger partial charge on any atom is -0.454 e. The van der Waals surface area contributed by atoms with Crippen molar-refractivity contribution in [3.05, 3.63) is 53.8 Å². The van der Waals surface area contributed by atoms with Crippen molar-refractivity contribution in [2.45, 2.75) is 24.3 Å². The second-order valence-electron chi connectivity index (χ2n) is 7.06. The SMILES string of the molecule is O=C(NCc1ccc2c(c1)OCO2)C1CCCN(S(=O)(=O)c2ccc(F)cc2)C1. The lowest BCUT2D eigenvalue weighted by Gasteiger charge is -2.31. The lowest BCUT2D eigenvalue weighted by molar-refractivity contribution is -0.126. The zero-order valence-electron chi connectivity index (χ0n) is 15.6. The van der Waals surface area contributed by atoms with E-state index in [2.05, 4.69) is 5.32 Å². The average Bonchev–Trinajstić information content (AvgIpc) is 3.20. The van der Waals surface area contributed by atoms with Crippen LogP contribution in [0.4, 0.5) is 4.39 Å². The van der Waals surface area contributed by atoms with Gasteiger partial charge in [-0.05, 0) is 54.8 Å². The lowest BCUT2D eigenvalue weighted by atomic mass is 9.98. The Morgan fingerprint density at radius 1 is 1.14 bits per heavy atom. The molecule has 9 heteroatoms. The Morgan fingerprint density at radius 2 is 1.90 bits per heavy atom. The van der Waals surface area contributed by atoms with E-state index in [1.165, 1.54) is 16.4 Å². The van der Waals surface area contributed by atoms with Gasteiger partial charge in [-0.25, -0.2) is 12.8 Å². The number of sulfonamides is 1. The molecule has 1 atom stereocenters. The summed E-state index contributed by atoms with van der Waals surface area (Å²) in [6, 6.07) is 10.2. The van der Waals surface area contributed by atoms with Gasteiger partial charge in [-0.2, -0.15) is 4.31 Å². The molecule has 29 heavy (non-hydrogen) atoms. The van der Waals surface area contributed by atoms with E-state index in [-0.39, 0.29) is 24.1 Å².